The fourth-order valence-electron chi connectivity index (χ4n) is 1.31. The van der Waals surface area contributed by atoms with E-state index in [2.05, 4.69) is 10.6 Å². The molecule has 0 aliphatic heterocycles. The fraction of sp³-hybridized carbons (Fsp3) is 0.889. The Morgan fingerprint density at radius 3 is 2.36 bits per heavy atom. The maximum Gasteiger partial charge on any atom is 0.323 e. The molecule has 0 aliphatic carbocycles. The molecule has 0 radical (unpaired) electrons. The van der Waals surface area contributed by atoms with Crippen LogP contribution < -0.4 is 10.6 Å². The molecule has 0 rings (SSSR count). The average Bonchev–Trinajstić information content (AvgIpc) is 2.14. The van der Waals surface area contributed by atoms with Crippen LogP contribution in [0.3, 0.4) is 0 Å². The van der Waals surface area contributed by atoms with Crippen molar-refractivity contribution in [1.82, 2.24) is 10.6 Å². The second kappa shape index (κ2) is 6.75. The van der Waals surface area contributed by atoms with E-state index in [0.29, 0.717) is 0 Å². The highest BCUT2D eigenvalue weighted by Gasteiger charge is 2.28. The summed E-state index contributed by atoms with van der Waals surface area (Å²) in [5, 5.41) is 24.0. The molecule has 0 fully saturated rings. The third kappa shape index (κ3) is 4.04. The zero-order chi connectivity index (χ0) is 11.1. The first-order valence-electron chi connectivity index (χ1n) is 4.77. The molecular weight excluding hydrogens is 184 g/mol. The quantitative estimate of drug-likeness (QED) is 0.439. The van der Waals surface area contributed by atoms with Gasteiger partial charge in [0.15, 0.2) is 0 Å². The smallest absolute Gasteiger partial charge is 0.323 e. The topological polar surface area (TPSA) is 81.6 Å². The SMILES string of the molecule is CNCC[C@@H](C)[C@@H](O)[C@@H](NC)C(=O)O. The number of aliphatic carboxylic acids is 1. The van der Waals surface area contributed by atoms with Gasteiger partial charge in [0.1, 0.15) is 6.04 Å². The van der Waals surface area contributed by atoms with E-state index in [9.17, 15) is 9.90 Å². The number of rotatable bonds is 7. The zero-order valence-electron chi connectivity index (χ0n) is 8.95. The van der Waals surface area contributed by atoms with Crippen LogP contribution in [0.5, 0.6) is 0 Å². The zero-order valence-corrected chi connectivity index (χ0v) is 8.95. The van der Waals surface area contributed by atoms with Gasteiger partial charge in [0.05, 0.1) is 6.10 Å². The summed E-state index contributed by atoms with van der Waals surface area (Å²) < 4.78 is 0. The second-order valence-corrected chi connectivity index (χ2v) is 3.46. The monoisotopic (exact) mass is 204 g/mol. The molecule has 0 amide bonds. The Morgan fingerprint density at radius 1 is 1.43 bits per heavy atom. The number of hydrogen-bond acceptors (Lipinski definition) is 4. The van der Waals surface area contributed by atoms with Crippen LogP contribution in [-0.4, -0.2) is 49.0 Å². The Hall–Kier alpha value is -0.650. The average molecular weight is 204 g/mol. The number of aliphatic hydroxyl groups is 1. The summed E-state index contributed by atoms with van der Waals surface area (Å²) in [5.74, 6) is -1.06. The minimum atomic E-state index is -1.02. The van der Waals surface area contributed by atoms with Crippen LogP contribution in [0.15, 0.2) is 0 Å². The normalized spacial score (nSPS) is 17.4. The largest absolute Gasteiger partial charge is 0.480 e. The third-order valence-electron chi connectivity index (χ3n) is 2.35. The highest BCUT2D eigenvalue weighted by atomic mass is 16.4. The van der Waals surface area contributed by atoms with Gasteiger partial charge in [0.2, 0.25) is 0 Å². The number of likely N-dealkylation sites (N-methyl/N-ethyl adjacent to an activating group) is 1. The van der Waals surface area contributed by atoms with Gasteiger partial charge in [-0.3, -0.25) is 4.79 Å². The van der Waals surface area contributed by atoms with E-state index in [1.54, 1.807) is 0 Å². The van der Waals surface area contributed by atoms with E-state index in [1.807, 2.05) is 14.0 Å². The number of carbonyl (C=O) groups is 1. The van der Waals surface area contributed by atoms with Gasteiger partial charge >= 0.3 is 5.97 Å². The summed E-state index contributed by atoms with van der Waals surface area (Å²) in [5.41, 5.74) is 0. The molecule has 0 saturated heterocycles. The summed E-state index contributed by atoms with van der Waals surface area (Å²) >= 11 is 0. The third-order valence-corrected chi connectivity index (χ3v) is 2.35. The van der Waals surface area contributed by atoms with Gasteiger partial charge in [-0.2, -0.15) is 0 Å². The fourth-order valence-corrected chi connectivity index (χ4v) is 1.31. The van der Waals surface area contributed by atoms with Gasteiger partial charge in [0, 0.05) is 0 Å². The Bertz CT molecular complexity index is 175. The second-order valence-electron chi connectivity index (χ2n) is 3.46. The summed E-state index contributed by atoms with van der Waals surface area (Å²) in [6.07, 6.45) is -0.103. The first-order chi connectivity index (χ1) is 6.54. The van der Waals surface area contributed by atoms with Crippen molar-refractivity contribution in [3.8, 4) is 0 Å². The minimum absolute atomic E-state index is 0.0454. The van der Waals surface area contributed by atoms with E-state index in [4.69, 9.17) is 5.11 Å². The van der Waals surface area contributed by atoms with E-state index < -0.39 is 18.1 Å². The van der Waals surface area contributed by atoms with Crippen molar-refractivity contribution >= 4 is 5.97 Å². The molecule has 0 heterocycles. The Balaban J connectivity index is 4.12. The minimum Gasteiger partial charge on any atom is -0.480 e. The van der Waals surface area contributed by atoms with Gasteiger partial charge in [-0.25, -0.2) is 0 Å². The predicted molar refractivity (Wildman–Crippen MR) is 54.2 cm³/mol. The van der Waals surface area contributed by atoms with E-state index in [1.165, 1.54) is 7.05 Å². The molecule has 14 heavy (non-hydrogen) atoms. The van der Waals surface area contributed by atoms with Crippen LogP contribution in [0.25, 0.3) is 0 Å². The summed E-state index contributed by atoms with van der Waals surface area (Å²) in [4.78, 5) is 10.7. The van der Waals surface area contributed by atoms with Gasteiger partial charge < -0.3 is 20.8 Å². The number of aliphatic hydroxyl groups excluding tert-OH is 1. The number of nitrogens with one attached hydrogen (secondary N) is 2. The first-order valence-corrected chi connectivity index (χ1v) is 4.77. The number of hydrogen-bond donors (Lipinski definition) is 4. The van der Waals surface area contributed by atoms with Crippen LogP contribution >= 0.6 is 0 Å². The van der Waals surface area contributed by atoms with Crippen molar-refractivity contribution < 1.29 is 15.0 Å². The lowest BCUT2D eigenvalue weighted by atomic mass is 9.95. The van der Waals surface area contributed by atoms with Crippen LogP contribution in [0.1, 0.15) is 13.3 Å². The molecule has 84 valence electrons. The molecule has 0 aliphatic rings. The van der Waals surface area contributed by atoms with Crippen molar-refractivity contribution in [2.75, 3.05) is 20.6 Å². The Labute approximate surface area is 84.5 Å². The van der Waals surface area contributed by atoms with Gasteiger partial charge in [0.25, 0.3) is 0 Å². The molecule has 4 N–H and O–H groups in total. The van der Waals surface area contributed by atoms with Crippen molar-refractivity contribution in [2.24, 2.45) is 5.92 Å². The lowest BCUT2D eigenvalue weighted by Crippen LogP contribution is -2.47. The Morgan fingerprint density at radius 2 is 2.00 bits per heavy atom. The van der Waals surface area contributed by atoms with Gasteiger partial charge in [-0.15, -0.1) is 0 Å². The van der Waals surface area contributed by atoms with E-state index in [0.717, 1.165) is 13.0 Å². The molecule has 0 unspecified atom stereocenters. The first kappa shape index (κ1) is 13.4. The molecule has 0 aromatic carbocycles. The Kier molecular flexibility index (Phi) is 6.44. The molecule has 0 aromatic rings. The molecule has 0 aromatic heterocycles. The summed E-state index contributed by atoms with van der Waals surface area (Å²) in [7, 11) is 3.36. The van der Waals surface area contributed by atoms with Crippen molar-refractivity contribution in [3.05, 3.63) is 0 Å². The van der Waals surface area contributed by atoms with E-state index in [-0.39, 0.29) is 5.92 Å². The van der Waals surface area contributed by atoms with Crippen molar-refractivity contribution in [1.29, 1.82) is 0 Å². The lowest BCUT2D eigenvalue weighted by Gasteiger charge is -2.24. The molecule has 5 nitrogen and oxygen atoms in total. The maximum atomic E-state index is 10.7. The number of carboxylic acids is 1. The van der Waals surface area contributed by atoms with Crippen LogP contribution in [0.2, 0.25) is 0 Å². The summed E-state index contributed by atoms with van der Waals surface area (Å²) in [6, 6.07) is -0.887. The highest BCUT2D eigenvalue weighted by molar-refractivity contribution is 5.74. The molecule has 0 spiro atoms. The van der Waals surface area contributed by atoms with Crippen LogP contribution in [0, 0.1) is 5.92 Å². The maximum absolute atomic E-state index is 10.7. The predicted octanol–water partition coefficient (Wildman–Crippen LogP) is -0.734. The van der Waals surface area contributed by atoms with Crippen LogP contribution in [-0.2, 0) is 4.79 Å². The molecule has 0 saturated carbocycles. The van der Waals surface area contributed by atoms with Crippen molar-refractivity contribution in [3.63, 3.8) is 0 Å². The van der Waals surface area contributed by atoms with E-state index >= 15 is 0 Å². The summed E-state index contributed by atoms with van der Waals surface area (Å²) in [6.45, 7) is 2.61. The molecule has 0 bridgehead atoms. The highest BCUT2D eigenvalue weighted by Crippen LogP contribution is 2.11. The van der Waals surface area contributed by atoms with Crippen LogP contribution in [0.4, 0.5) is 0 Å². The number of carboxylic acid groups (broad SMARTS) is 1. The standard InChI is InChI=1S/C9H20N2O3/c1-6(4-5-10-2)8(12)7(11-3)9(13)14/h6-8,10-12H,4-5H2,1-3H3,(H,13,14)/t6-,7-,8-/m1/s1. The van der Waals surface area contributed by atoms with Crippen molar-refractivity contribution in [2.45, 2.75) is 25.5 Å². The van der Waals surface area contributed by atoms with Gasteiger partial charge in [-0.1, -0.05) is 6.92 Å². The van der Waals surface area contributed by atoms with Gasteiger partial charge in [-0.05, 0) is 33.0 Å². The molecule has 5 heteroatoms. The molecular formula is C9H20N2O3. The lowest BCUT2D eigenvalue weighted by molar-refractivity contribution is -0.143. The molecule has 3 atom stereocenters.